The maximum absolute atomic E-state index is 13.0. The third kappa shape index (κ3) is 4.86. The molecule has 0 aliphatic carbocycles. The van der Waals surface area contributed by atoms with Gasteiger partial charge in [-0.2, -0.15) is 0 Å². The molecule has 2 aromatic rings. The van der Waals surface area contributed by atoms with E-state index in [0.29, 0.717) is 12.3 Å². The SMILES string of the molecule is CCOc1ccc(N[C@H](C)C(=O)Nc2ccc(F)cc2Cl)cc1. The number of amides is 1. The number of hydrogen-bond donors (Lipinski definition) is 2. The van der Waals surface area contributed by atoms with Crippen molar-refractivity contribution in [2.45, 2.75) is 19.9 Å². The third-order valence-corrected chi connectivity index (χ3v) is 3.44. The van der Waals surface area contributed by atoms with E-state index in [9.17, 15) is 9.18 Å². The Morgan fingerprint density at radius 1 is 1.26 bits per heavy atom. The van der Waals surface area contributed by atoms with Crippen LogP contribution in [0.1, 0.15) is 13.8 Å². The van der Waals surface area contributed by atoms with Crippen LogP contribution in [0.5, 0.6) is 5.75 Å². The van der Waals surface area contributed by atoms with Gasteiger partial charge in [0.2, 0.25) is 5.91 Å². The molecule has 0 heterocycles. The molecule has 0 saturated carbocycles. The van der Waals surface area contributed by atoms with Crippen LogP contribution in [-0.4, -0.2) is 18.6 Å². The standard InChI is InChI=1S/C17H18ClFN2O2/c1-3-23-14-7-5-13(6-8-14)20-11(2)17(22)21-16-9-4-12(19)10-15(16)18/h4-11,20H,3H2,1-2H3,(H,21,22)/t11-/m1/s1. The van der Waals surface area contributed by atoms with E-state index >= 15 is 0 Å². The number of hydrogen-bond acceptors (Lipinski definition) is 3. The van der Waals surface area contributed by atoms with E-state index in [1.807, 2.05) is 31.2 Å². The van der Waals surface area contributed by atoms with Gasteiger partial charge in [-0.05, 0) is 56.3 Å². The van der Waals surface area contributed by atoms with Crippen molar-refractivity contribution >= 4 is 28.9 Å². The number of carbonyl (C=O) groups excluding carboxylic acids is 1. The summed E-state index contributed by atoms with van der Waals surface area (Å²) in [4.78, 5) is 12.2. The van der Waals surface area contributed by atoms with Crippen LogP contribution in [0.4, 0.5) is 15.8 Å². The first-order valence-electron chi connectivity index (χ1n) is 7.25. The maximum atomic E-state index is 13.0. The topological polar surface area (TPSA) is 50.4 Å². The van der Waals surface area contributed by atoms with E-state index in [4.69, 9.17) is 16.3 Å². The zero-order chi connectivity index (χ0) is 16.8. The Morgan fingerprint density at radius 3 is 2.57 bits per heavy atom. The van der Waals surface area contributed by atoms with E-state index in [2.05, 4.69) is 10.6 Å². The summed E-state index contributed by atoms with van der Waals surface area (Å²) in [5.41, 5.74) is 1.17. The smallest absolute Gasteiger partial charge is 0.246 e. The summed E-state index contributed by atoms with van der Waals surface area (Å²) < 4.78 is 18.4. The minimum atomic E-state index is -0.492. The first kappa shape index (κ1) is 17.1. The lowest BCUT2D eigenvalue weighted by molar-refractivity contribution is -0.116. The predicted molar refractivity (Wildman–Crippen MR) is 90.7 cm³/mol. The van der Waals surface area contributed by atoms with Crippen LogP contribution in [0.2, 0.25) is 5.02 Å². The van der Waals surface area contributed by atoms with Crippen molar-refractivity contribution in [2.75, 3.05) is 17.2 Å². The number of carbonyl (C=O) groups is 1. The van der Waals surface area contributed by atoms with Gasteiger partial charge in [0.15, 0.2) is 0 Å². The van der Waals surface area contributed by atoms with Crippen molar-refractivity contribution in [2.24, 2.45) is 0 Å². The molecule has 0 saturated heterocycles. The van der Waals surface area contributed by atoms with Crippen LogP contribution < -0.4 is 15.4 Å². The van der Waals surface area contributed by atoms with E-state index in [1.54, 1.807) is 6.92 Å². The summed E-state index contributed by atoms with van der Waals surface area (Å²) >= 11 is 5.90. The molecule has 2 aromatic carbocycles. The average molecular weight is 337 g/mol. The van der Waals surface area contributed by atoms with Crippen molar-refractivity contribution in [3.63, 3.8) is 0 Å². The molecule has 122 valence electrons. The van der Waals surface area contributed by atoms with Gasteiger partial charge < -0.3 is 15.4 Å². The van der Waals surface area contributed by atoms with Crippen LogP contribution in [-0.2, 0) is 4.79 Å². The molecular weight excluding hydrogens is 319 g/mol. The Balaban J connectivity index is 1.96. The molecule has 1 atom stereocenters. The van der Waals surface area contributed by atoms with Gasteiger partial charge in [-0.1, -0.05) is 11.6 Å². The highest BCUT2D eigenvalue weighted by Crippen LogP contribution is 2.23. The maximum Gasteiger partial charge on any atom is 0.246 e. The first-order valence-corrected chi connectivity index (χ1v) is 7.62. The summed E-state index contributed by atoms with van der Waals surface area (Å²) in [6, 6.07) is 10.7. The lowest BCUT2D eigenvalue weighted by atomic mass is 10.2. The molecule has 4 nitrogen and oxygen atoms in total. The predicted octanol–water partition coefficient (Wildman–Crippen LogP) is 4.32. The summed E-state index contributed by atoms with van der Waals surface area (Å²) in [5.74, 6) is 0.0502. The van der Waals surface area contributed by atoms with Gasteiger partial charge in [0.05, 0.1) is 17.3 Å². The van der Waals surface area contributed by atoms with E-state index in [1.165, 1.54) is 12.1 Å². The molecule has 0 aromatic heterocycles. The van der Waals surface area contributed by atoms with Gasteiger partial charge in [-0.25, -0.2) is 4.39 Å². The highest BCUT2D eigenvalue weighted by molar-refractivity contribution is 6.33. The van der Waals surface area contributed by atoms with Crippen LogP contribution in [0.3, 0.4) is 0 Å². The van der Waals surface area contributed by atoms with Gasteiger partial charge in [-0.15, -0.1) is 0 Å². The van der Waals surface area contributed by atoms with Crippen molar-refractivity contribution in [1.29, 1.82) is 0 Å². The van der Waals surface area contributed by atoms with Gasteiger partial charge in [0.1, 0.15) is 17.6 Å². The van der Waals surface area contributed by atoms with Crippen LogP contribution >= 0.6 is 11.6 Å². The second-order valence-electron chi connectivity index (χ2n) is 4.94. The fraction of sp³-hybridized carbons (Fsp3) is 0.235. The van der Waals surface area contributed by atoms with Crippen molar-refractivity contribution < 1.29 is 13.9 Å². The normalized spacial score (nSPS) is 11.7. The molecule has 0 spiro atoms. The molecule has 0 aliphatic rings. The van der Waals surface area contributed by atoms with E-state index < -0.39 is 11.9 Å². The lowest BCUT2D eigenvalue weighted by Crippen LogP contribution is -2.31. The molecule has 0 fully saturated rings. The van der Waals surface area contributed by atoms with Crippen molar-refractivity contribution in [3.05, 3.63) is 53.3 Å². The Bertz CT molecular complexity index is 677. The number of rotatable bonds is 6. The van der Waals surface area contributed by atoms with Crippen LogP contribution in [0.15, 0.2) is 42.5 Å². The zero-order valence-corrected chi connectivity index (χ0v) is 13.7. The van der Waals surface area contributed by atoms with E-state index in [-0.39, 0.29) is 10.9 Å². The lowest BCUT2D eigenvalue weighted by Gasteiger charge is -2.16. The van der Waals surface area contributed by atoms with Gasteiger partial charge >= 0.3 is 0 Å². The third-order valence-electron chi connectivity index (χ3n) is 3.13. The monoisotopic (exact) mass is 336 g/mol. The number of anilines is 2. The zero-order valence-electron chi connectivity index (χ0n) is 12.9. The molecule has 0 bridgehead atoms. The number of ether oxygens (including phenoxy) is 1. The summed E-state index contributed by atoms with van der Waals surface area (Å²) in [5, 5.41) is 5.90. The van der Waals surface area contributed by atoms with Crippen LogP contribution in [0.25, 0.3) is 0 Å². The second kappa shape index (κ2) is 7.83. The first-order chi connectivity index (χ1) is 11.0. The molecule has 2 rings (SSSR count). The van der Waals surface area contributed by atoms with Crippen LogP contribution in [0, 0.1) is 5.82 Å². The molecule has 0 unspecified atom stereocenters. The summed E-state index contributed by atoms with van der Waals surface area (Å²) in [6.45, 7) is 4.24. The fourth-order valence-corrected chi connectivity index (χ4v) is 2.18. The average Bonchev–Trinajstić information content (AvgIpc) is 2.52. The molecule has 23 heavy (non-hydrogen) atoms. The highest BCUT2D eigenvalue weighted by Gasteiger charge is 2.14. The Kier molecular flexibility index (Phi) is 5.82. The van der Waals surface area contributed by atoms with Crippen molar-refractivity contribution in [1.82, 2.24) is 0 Å². The summed E-state index contributed by atoms with van der Waals surface area (Å²) in [6.07, 6.45) is 0. The van der Waals surface area contributed by atoms with E-state index in [0.717, 1.165) is 17.5 Å². The number of benzene rings is 2. The molecule has 1 amide bonds. The van der Waals surface area contributed by atoms with Gasteiger partial charge in [0.25, 0.3) is 0 Å². The second-order valence-corrected chi connectivity index (χ2v) is 5.34. The molecule has 6 heteroatoms. The summed E-state index contributed by atoms with van der Waals surface area (Å²) in [7, 11) is 0. The number of nitrogens with one attached hydrogen (secondary N) is 2. The largest absolute Gasteiger partial charge is 0.494 e. The Morgan fingerprint density at radius 2 is 1.96 bits per heavy atom. The molecule has 0 radical (unpaired) electrons. The van der Waals surface area contributed by atoms with Crippen molar-refractivity contribution in [3.8, 4) is 5.75 Å². The number of halogens is 2. The Hall–Kier alpha value is -2.27. The van der Waals surface area contributed by atoms with Gasteiger partial charge in [-0.3, -0.25) is 4.79 Å². The Labute approximate surface area is 139 Å². The fourth-order valence-electron chi connectivity index (χ4n) is 1.96. The quantitative estimate of drug-likeness (QED) is 0.826. The minimum absolute atomic E-state index is 0.159. The molecular formula is C17H18ClFN2O2. The highest BCUT2D eigenvalue weighted by atomic mass is 35.5. The minimum Gasteiger partial charge on any atom is -0.494 e. The van der Waals surface area contributed by atoms with Gasteiger partial charge in [0, 0.05) is 5.69 Å². The molecule has 2 N–H and O–H groups in total. The molecule has 0 aliphatic heterocycles.